The fourth-order valence-electron chi connectivity index (χ4n) is 3.78. The van der Waals surface area contributed by atoms with Gasteiger partial charge in [0.25, 0.3) is 0 Å². The third kappa shape index (κ3) is 5.23. The number of pyridine rings is 1. The molecule has 1 aromatic heterocycles. The zero-order valence-electron chi connectivity index (χ0n) is 17.0. The first-order valence-electron chi connectivity index (χ1n) is 9.82. The highest BCUT2D eigenvalue weighted by atomic mass is 16.5. The number of amides is 1. The van der Waals surface area contributed by atoms with Crippen LogP contribution in [0.4, 0.5) is 5.69 Å². The molecule has 1 aliphatic rings. The lowest BCUT2D eigenvalue weighted by atomic mass is 10.1. The van der Waals surface area contributed by atoms with E-state index in [1.807, 2.05) is 30.5 Å². The minimum absolute atomic E-state index is 0.129. The van der Waals surface area contributed by atoms with E-state index in [4.69, 9.17) is 4.74 Å². The molecule has 0 unspecified atom stereocenters. The molecular weight excluding hydrogens is 354 g/mol. The number of nitrogens with zero attached hydrogens (tertiary/aromatic N) is 2. The average Bonchev–Trinajstić information content (AvgIpc) is 2.63. The van der Waals surface area contributed by atoms with E-state index >= 15 is 0 Å². The molecule has 0 radical (unpaired) electrons. The molecule has 6 nitrogen and oxygen atoms in total. The Bertz CT molecular complexity index is 878. The summed E-state index contributed by atoms with van der Waals surface area (Å²) in [6, 6.07) is 7.56. The van der Waals surface area contributed by atoms with Crippen LogP contribution in [-0.2, 0) is 17.9 Å². The van der Waals surface area contributed by atoms with Crippen molar-refractivity contribution in [3.8, 4) is 5.75 Å². The van der Waals surface area contributed by atoms with Gasteiger partial charge in [-0.25, -0.2) is 0 Å². The van der Waals surface area contributed by atoms with Gasteiger partial charge < -0.3 is 14.6 Å². The first kappa shape index (κ1) is 20.1. The number of piperidine rings is 1. The van der Waals surface area contributed by atoms with Crippen molar-refractivity contribution in [3.63, 3.8) is 0 Å². The molecule has 1 saturated heterocycles. The zero-order chi connectivity index (χ0) is 20.1. The summed E-state index contributed by atoms with van der Waals surface area (Å²) in [6.07, 6.45) is 5.24. The van der Waals surface area contributed by atoms with E-state index in [2.05, 4.69) is 16.3 Å². The number of aromatic nitrogens is 1. The van der Waals surface area contributed by atoms with Crippen LogP contribution in [0.5, 0.6) is 5.75 Å². The number of carbonyl (C=O) groups is 1. The van der Waals surface area contributed by atoms with Gasteiger partial charge in [-0.1, -0.05) is 12.5 Å². The molecule has 28 heavy (non-hydrogen) atoms. The number of nitrogens with one attached hydrogen (secondary N) is 1. The Balaban J connectivity index is 1.79. The second kappa shape index (κ2) is 9.06. The number of benzene rings is 1. The van der Waals surface area contributed by atoms with Crippen LogP contribution in [-0.4, -0.2) is 35.6 Å². The highest BCUT2D eigenvalue weighted by Crippen LogP contribution is 2.16. The lowest BCUT2D eigenvalue weighted by Crippen LogP contribution is -2.32. The number of likely N-dealkylation sites (tertiary alicyclic amines) is 1. The van der Waals surface area contributed by atoms with E-state index in [-0.39, 0.29) is 23.6 Å². The summed E-state index contributed by atoms with van der Waals surface area (Å²) < 4.78 is 7.01. The van der Waals surface area contributed by atoms with Gasteiger partial charge >= 0.3 is 0 Å². The monoisotopic (exact) mass is 383 g/mol. The summed E-state index contributed by atoms with van der Waals surface area (Å²) >= 11 is 0. The lowest BCUT2D eigenvalue weighted by molar-refractivity contribution is -0.116. The number of anilines is 1. The van der Waals surface area contributed by atoms with Crippen LogP contribution < -0.4 is 15.5 Å². The molecule has 150 valence electrons. The molecule has 0 saturated carbocycles. The van der Waals surface area contributed by atoms with Gasteiger partial charge in [0.1, 0.15) is 6.54 Å². The third-order valence-electron chi connectivity index (χ3n) is 5.06. The van der Waals surface area contributed by atoms with E-state index < -0.39 is 0 Å². The van der Waals surface area contributed by atoms with Crippen molar-refractivity contribution in [1.29, 1.82) is 0 Å². The average molecular weight is 383 g/mol. The van der Waals surface area contributed by atoms with Gasteiger partial charge in [-0.05, 0) is 63.0 Å². The number of rotatable bonds is 6. The van der Waals surface area contributed by atoms with Crippen LogP contribution in [0.2, 0.25) is 0 Å². The second-order valence-corrected chi connectivity index (χ2v) is 7.59. The van der Waals surface area contributed by atoms with E-state index in [1.54, 1.807) is 12.3 Å². The number of hydrogen-bond donors (Lipinski definition) is 1. The van der Waals surface area contributed by atoms with Gasteiger partial charge in [-0.2, -0.15) is 0 Å². The fraction of sp³-hybridized carbons (Fsp3) is 0.455. The van der Waals surface area contributed by atoms with E-state index in [0.717, 1.165) is 35.6 Å². The Morgan fingerprint density at radius 1 is 1.07 bits per heavy atom. The largest absolute Gasteiger partial charge is 0.491 e. The van der Waals surface area contributed by atoms with Crippen LogP contribution in [0, 0.1) is 13.8 Å². The first-order valence-corrected chi connectivity index (χ1v) is 9.82. The van der Waals surface area contributed by atoms with Crippen molar-refractivity contribution in [2.45, 2.75) is 46.2 Å². The molecule has 2 aromatic rings. The van der Waals surface area contributed by atoms with Gasteiger partial charge in [0.15, 0.2) is 5.75 Å². The molecule has 0 bridgehead atoms. The maximum atomic E-state index is 12.7. The molecule has 6 heteroatoms. The molecule has 1 N–H and O–H groups in total. The van der Waals surface area contributed by atoms with Gasteiger partial charge in [-0.3, -0.25) is 14.5 Å². The summed E-state index contributed by atoms with van der Waals surface area (Å²) in [5, 5.41) is 2.96. The van der Waals surface area contributed by atoms with Crippen molar-refractivity contribution in [2.75, 3.05) is 25.5 Å². The van der Waals surface area contributed by atoms with Crippen LogP contribution in [0.3, 0.4) is 0 Å². The topological polar surface area (TPSA) is 63.6 Å². The third-order valence-corrected chi connectivity index (χ3v) is 5.06. The van der Waals surface area contributed by atoms with Gasteiger partial charge in [-0.15, -0.1) is 0 Å². The Morgan fingerprint density at radius 3 is 2.39 bits per heavy atom. The quantitative estimate of drug-likeness (QED) is 0.833. The standard InChI is InChI=1S/C22H29N3O3/c1-16-9-17(2)11-18(10-16)23-22(27)15-25-14-21(28-3)20(26)12-19(25)13-24-7-5-4-6-8-24/h9-12,14H,4-8,13,15H2,1-3H3,(H,23,27). The van der Waals surface area contributed by atoms with Gasteiger partial charge in [0.05, 0.1) is 13.3 Å². The number of aryl methyl sites for hydroxylation is 2. The minimum atomic E-state index is -0.152. The van der Waals surface area contributed by atoms with Crippen molar-refractivity contribution in [1.82, 2.24) is 9.47 Å². The van der Waals surface area contributed by atoms with E-state index in [9.17, 15) is 9.59 Å². The SMILES string of the molecule is COc1cn(CC(=O)Nc2cc(C)cc(C)c2)c(CN2CCCCC2)cc1=O. The van der Waals surface area contributed by atoms with Crippen molar-refractivity contribution in [2.24, 2.45) is 0 Å². The molecule has 0 atom stereocenters. The molecular formula is C22H29N3O3. The summed E-state index contributed by atoms with van der Waals surface area (Å²) in [7, 11) is 1.47. The summed E-state index contributed by atoms with van der Waals surface area (Å²) in [4.78, 5) is 27.3. The Hall–Kier alpha value is -2.60. The predicted octanol–water partition coefficient (Wildman–Crippen LogP) is 3.10. The van der Waals surface area contributed by atoms with Crippen LogP contribution in [0.15, 0.2) is 35.3 Å². The van der Waals surface area contributed by atoms with Crippen LogP contribution in [0.1, 0.15) is 36.1 Å². The lowest BCUT2D eigenvalue weighted by Gasteiger charge is -2.27. The fourth-order valence-corrected chi connectivity index (χ4v) is 3.78. The molecule has 1 aromatic carbocycles. The zero-order valence-corrected chi connectivity index (χ0v) is 17.0. The van der Waals surface area contributed by atoms with E-state index in [1.165, 1.54) is 26.4 Å². The Morgan fingerprint density at radius 2 is 1.75 bits per heavy atom. The maximum absolute atomic E-state index is 12.7. The van der Waals surface area contributed by atoms with Crippen LogP contribution >= 0.6 is 0 Å². The predicted molar refractivity (Wildman–Crippen MR) is 111 cm³/mol. The number of ether oxygens (including phenoxy) is 1. The smallest absolute Gasteiger partial charge is 0.244 e. The van der Waals surface area contributed by atoms with Gasteiger partial charge in [0, 0.05) is 24.0 Å². The number of methoxy groups -OCH3 is 1. The number of carbonyl (C=O) groups excluding carboxylic acids is 1. The first-order chi connectivity index (χ1) is 13.4. The van der Waals surface area contributed by atoms with E-state index in [0.29, 0.717) is 6.54 Å². The summed E-state index contributed by atoms with van der Waals surface area (Å²) in [5.74, 6) is 0.122. The molecule has 3 rings (SSSR count). The van der Waals surface area contributed by atoms with Crippen molar-refractivity contribution < 1.29 is 9.53 Å². The molecule has 1 amide bonds. The van der Waals surface area contributed by atoms with Crippen LogP contribution in [0.25, 0.3) is 0 Å². The van der Waals surface area contributed by atoms with Gasteiger partial charge in [0.2, 0.25) is 11.3 Å². The highest BCUT2D eigenvalue weighted by molar-refractivity contribution is 5.90. The molecule has 1 aliphatic heterocycles. The highest BCUT2D eigenvalue weighted by Gasteiger charge is 2.16. The molecule has 2 heterocycles. The summed E-state index contributed by atoms with van der Waals surface area (Å²) in [6.45, 7) is 6.85. The van der Waals surface area contributed by atoms with Crippen molar-refractivity contribution in [3.05, 3.63) is 57.5 Å². The molecule has 0 spiro atoms. The van der Waals surface area contributed by atoms with Crippen molar-refractivity contribution >= 4 is 11.6 Å². The Kier molecular flexibility index (Phi) is 6.52. The Labute approximate surface area is 166 Å². The maximum Gasteiger partial charge on any atom is 0.244 e. The summed E-state index contributed by atoms with van der Waals surface area (Å²) in [5.41, 5.74) is 3.68. The second-order valence-electron chi connectivity index (χ2n) is 7.59. The molecule has 0 aliphatic carbocycles. The normalized spacial score (nSPS) is 14.7. The minimum Gasteiger partial charge on any atom is -0.491 e. The number of hydrogen-bond acceptors (Lipinski definition) is 4. The molecule has 1 fully saturated rings.